The van der Waals surface area contributed by atoms with Gasteiger partial charge in [-0.15, -0.1) is 5.10 Å². The molecule has 0 radical (unpaired) electrons. The Morgan fingerprint density at radius 1 is 1.69 bits per heavy atom. The van der Waals surface area contributed by atoms with Crippen LogP contribution in [0.2, 0.25) is 0 Å². The summed E-state index contributed by atoms with van der Waals surface area (Å²) in [7, 11) is 1.76. The zero-order valence-corrected chi connectivity index (χ0v) is 9.86. The van der Waals surface area contributed by atoms with Crippen LogP contribution in [0.3, 0.4) is 0 Å². The molecule has 1 aliphatic rings. The number of nitrogens with one attached hydrogen (secondary N) is 1. The van der Waals surface area contributed by atoms with Gasteiger partial charge in [-0.2, -0.15) is 0 Å². The van der Waals surface area contributed by atoms with Crippen molar-refractivity contribution in [2.24, 2.45) is 12.5 Å². The highest BCUT2D eigenvalue weighted by atomic mass is 16.1. The fourth-order valence-electron chi connectivity index (χ4n) is 2.39. The molecule has 1 aromatic rings. The van der Waals surface area contributed by atoms with Gasteiger partial charge in [0.15, 0.2) is 5.78 Å². The number of aryl methyl sites for hydroxylation is 1. The molecule has 5 heteroatoms. The van der Waals surface area contributed by atoms with Gasteiger partial charge in [0.25, 0.3) is 0 Å². The lowest BCUT2D eigenvalue weighted by atomic mass is 9.74. The van der Waals surface area contributed by atoms with Crippen molar-refractivity contribution in [1.82, 2.24) is 20.3 Å². The molecule has 1 saturated heterocycles. The third kappa shape index (κ3) is 1.75. The van der Waals surface area contributed by atoms with Crippen molar-refractivity contribution in [3.8, 4) is 0 Å². The largest absolute Gasteiger partial charge is 0.316 e. The topological polar surface area (TPSA) is 59.8 Å². The Morgan fingerprint density at radius 2 is 2.50 bits per heavy atom. The monoisotopic (exact) mass is 222 g/mol. The molecule has 0 aromatic carbocycles. The number of Topliss-reactive ketones (excluding diaryl/α,β-unsaturated/α-hetero) is 1. The van der Waals surface area contributed by atoms with Crippen LogP contribution in [0.1, 0.15) is 36.7 Å². The minimum absolute atomic E-state index is 0.176. The summed E-state index contributed by atoms with van der Waals surface area (Å²) in [5, 5.41) is 10.9. The van der Waals surface area contributed by atoms with Crippen LogP contribution in [0.4, 0.5) is 0 Å². The van der Waals surface area contributed by atoms with Crippen LogP contribution in [0.25, 0.3) is 0 Å². The normalized spacial score (nSPS) is 25.6. The van der Waals surface area contributed by atoms with E-state index in [1.807, 2.05) is 0 Å². The number of piperidine rings is 1. The maximum atomic E-state index is 12.5. The van der Waals surface area contributed by atoms with Crippen LogP contribution in [0.5, 0.6) is 0 Å². The Balaban J connectivity index is 2.28. The Kier molecular flexibility index (Phi) is 3.05. The smallest absolute Gasteiger partial charge is 0.189 e. The summed E-state index contributed by atoms with van der Waals surface area (Å²) in [5.41, 5.74) is 0.360. The Morgan fingerprint density at radius 3 is 3.00 bits per heavy atom. The summed E-state index contributed by atoms with van der Waals surface area (Å²) < 4.78 is 1.56. The second-order valence-electron chi connectivity index (χ2n) is 4.49. The molecule has 16 heavy (non-hydrogen) atoms. The number of nitrogens with zero attached hydrogens (tertiary/aromatic N) is 3. The number of carbonyl (C=O) groups excluding carboxylic acids is 1. The Bertz CT molecular complexity index is 379. The zero-order valence-electron chi connectivity index (χ0n) is 9.86. The third-order valence-corrected chi connectivity index (χ3v) is 3.58. The molecule has 1 aliphatic heterocycles. The van der Waals surface area contributed by atoms with Crippen LogP contribution >= 0.6 is 0 Å². The molecule has 1 fully saturated rings. The summed E-state index contributed by atoms with van der Waals surface area (Å²) in [6.45, 7) is 3.86. The van der Waals surface area contributed by atoms with E-state index in [0.717, 1.165) is 32.4 Å². The molecule has 1 N–H and O–H groups in total. The van der Waals surface area contributed by atoms with E-state index < -0.39 is 0 Å². The molecule has 0 aliphatic carbocycles. The number of carbonyl (C=O) groups is 1. The van der Waals surface area contributed by atoms with Crippen LogP contribution in [-0.2, 0) is 7.05 Å². The van der Waals surface area contributed by atoms with Crippen molar-refractivity contribution < 1.29 is 4.79 Å². The van der Waals surface area contributed by atoms with Gasteiger partial charge in [0, 0.05) is 19.0 Å². The molecule has 0 bridgehead atoms. The fraction of sp³-hybridized carbons (Fsp3) is 0.727. The molecule has 0 spiro atoms. The summed E-state index contributed by atoms with van der Waals surface area (Å²) in [5.74, 6) is 0.176. The van der Waals surface area contributed by atoms with Crippen molar-refractivity contribution in [2.75, 3.05) is 13.1 Å². The van der Waals surface area contributed by atoms with Crippen LogP contribution < -0.4 is 5.32 Å². The van der Waals surface area contributed by atoms with Crippen molar-refractivity contribution >= 4 is 5.78 Å². The second kappa shape index (κ2) is 4.33. The molecule has 88 valence electrons. The standard InChI is InChI=1S/C11H18N4O/c1-3-11(5-4-6-12-8-11)10(16)9-7-13-14-15(9)2/h7,12H,3-6,8H2,1-2H3. The minimum Gasteiger partial charge on any atom is -0.316 e. The lowest BCUT2D eigenvalue weighted by Crippen LogP contribution is -2.45. The van der Waals surface area contributed by atoms with Gasteiger partial charge in [-0.25, -0.2) is 4.68 Å². The number of hydrogen-bond acceptors (Lipinski definition) is 4. The highest BCUT2D eigenvalue weighted by Crippen LogP contribution is 2.33. The average Bonchev–Trinajstić information content (AvgIpc) is 2.75. The summed E-state index contributed by atoms with van der Waals surface area (Å²) in [6, 6.07) is 0. The molecule has 5 nitrogen and oxygen atoms in total. The van der Waals surface area contributed by atoms with E-state index in [9.17, 15) is 4.79 Å². The lowest BCUT2D eigenvalue weighted by molar-refractivity contribution is 0.0719. The molecule has 0 saturated carbocycles. The van der Waals surface area contributed by atoms with Gasteiger partial charge in [0.2, 0.25) is 0 Å². The van der Waals surface area contributed by atoms with Gasteiger partial charge < -0.3 is 5.32 Å². The molecule has 2 rings (SSSR count). The van der Waals surface area contributed by atoms with Crippen molar-refractivity contribution in [1.29, 1.82) is 0 Å². The maximum Gasteiger partial charge on any atom is 0.189 e. The predicted octanol–water partition coefficient (Wildman–Crippen LogP) is 0.778. The van der Waals surface area contributed by atoms with Crippen molar-refractivity contribution in [3.05, 3.63) is 11.9 Å². The van der Waals surface area contributed by atoms with E-state index in [1.165, 1.54) is 0 Å². The summed E-state index contributed by atoms with van der Waals surface area (Å²) in [6.07, 6.45) is 4.45. The van der Waals surface area contributed by atoms with Gasteiger partial charge in [0.05, 0.1) is 6.20 Å². The fourth-order valence-corrected chi connectivity index (χ4v) is 2.39. The number of aromatic nitrogens is 3. The van der Waals surface area contributed by atoms with Crippen LogP contribution in [-0.4, -0.2) is 33.9 Å². The zero-order chi connectivity index (χ0) is 11.6. The first-order chi connectivity index (χ1) is 7.69. The van der Waals surface area contributed by atoms with E-state index in [2.05, 4.69) is 22.6 Å². The molecule has 1 atom stereocenters. The third-order valence-electron chi connectivity index (χ3n) is 3.58. The SMILES string of the molecule is CCC1(C(=O)c2cnnn2C)CCCNC1. The average molecular weight is 222 g/mol. The van der Waals surface area contributed by atoms with Gasteiger partial charge in [0.1, 0.15) is 5.69 Å². The molecule has 2 heterocycles. The lowest BCUT2D eigenvalue weighted by Gasteiger charge is -2.35. The molecular formula is C11H18N4O. The Labute approximate surface area is 95.2 Å². The van der Waals surface area contributed by atoms with E-state index in [-0.39, 0.29) is 11.2 Å². The van der Waals surface area contributed by atoms with Crippen molar-refractivity contribution in [2.45, 2.75) is 26.2 Å². The van der Waals surface area contributed by atoms with Crippen molar-refractivity contribution in [3.63, 3.8) is 0 Å². The highest BCUT2D eigenvalue weighted by molar-refractivity contribution is 5.99. The summed E-state index contributed by atoms with van der Waals surface area (Å²) in [4.78, 5) is 12.5. The van der Waals surface area contributed by atoms with Gasteiger partial charge >= 0.3 is 0 Å². The highest BCUT2D eigenvalue weighted by Gasteiger charge is 2.39. The first-order valence-corrected chi connectivity index (χ1v) is 5.80. The quantitative estimate of drug-likeness (QED) is 0.768. The first-order valence-electron chi connectivity index (χ1n) is 5.80. The molecule has 1 unspecified atom stereocenters. The first kappa shape index (κ1) is 11.3. The van der Waals surface area contributed by atoms with Crippen LogP contribution in [0.15, 0.2) is 6.20 Å². The molecule has 0 amide bonds. The maximum absolute atomic E-state index is 12.5. The van der Waals surface area contributed by atoms with Crippen LogP contribution in [0, 0.1) is 5.41 Å². The van der Waals surface area contributed by atoms with E-state index in [1.54, 1.807) is 17.9 Å². The number of ketones is 1. The van der Waals surface area contributed by atoms with E-state index >= 15 is 0 Å². The van der Waals surface area contributed by atoms with Gasteiger partial charge in [-0.1, -0.05) is 12.1 Å². The Hall–Kier alpha value is -1.23. The number of hydrogen-bond donors (Lipinski definition) is 1. The molecule has 1 aromatic heterocycles. The van der Waals surface area contributed by atoms with E-state index in [4.69, 9.17) is 0 Å². The predicted molar refractivity (Wildman–Crippen MR) is 60.2 cm³/mol. The summed E-state index contributed by atoms with van der Waals surface area (Å²) >= 11 is 0. The second-order valence-corrected chi connectivity index (χ2v) is 4.49. The van der Waals surface area contributed by atoms with E-state index in [0.29, 0.717) is 5.69 Å². The van der Waals surface area contributed by atoms with Gasteiger partial charge in [-0.05, 0) is 25.8 Å². The number of rotatable bonds is 3. The van der Waals surface area contributed by atoms with Gasteiger partial charge in [-0.3, -0.25) is 4.79 Å². The minimum atomic E-state index is -0.256. The molecular weight excluding hydrogens is 204 g/mol.